The van der Waals surface area contributed by atoms with Gasteiger partial charge in [0.2, 0.25) is 5.91 Å². The number of anilines is 2. The third kappa shape index (κ3) is 4.36. The number of aromatic nitrogens is 1. The van der Waals surface area contributed by atoms with Crippen LogP contribution in [0.4, 0.5) is 10.8 Å². The molecule has 11 heteroatoms. The Morgan fingerprint density at radius 3 is 2.79 bits per heavy atom. The van der Waals surface area contributed by atoms with Crippen LogP contribution in [-0.4, -0.2) is 54.3 Å². The Bertz CT molecular complexity index is 957. The summed E-state index contributed by atoms with van der Waals surface area (Å²) in [7, 11) is 0. The molecule has 4 rings (SSSR count). The molecule has 0 spiro atoms. The molecule has 1 aromatic carbocycles. The third-order valence-electron chi connectivity index (χ3n) is 4.47. The quantitative estimate of drug-likeness (QED) is 0.629. The number of ether oxygens (including phenoxy) is 1. The highest BCUT2D eigenvalue weighted by Crippen LogP contribution is 2.35. The second-order valence-electron chi connectivity index (χ2n) is 6.48. The second kappa shape index (κ2) is 8.39. The standard InChI is InChI=1S/C18H19N5O4S2/c1-10-15(24)19-12-8-11(2-3-14(12)29-10)16(25)21-22-17(26)13-9-28-18(20-13)23-4-6-27-7-5-23/h2-3,8-10H,4-7H2,1H3,(H,19,24)(H,21,25)(H,22,26)/t10-/m0/s1. The van der Waals surface area contributed by atoms with Crippen molar-refractivity contribution in [2.24, 2.45) is 0 Å². The van der Waals surface area contributed by atoms with Crippen LogP contribution in [0.5, 0.6) is 0 Å². The lowest BCUT2D eigenvalue weighted by Gasteiger charge is -2.25. The highest BCUT2D eigenvalue weighted by molar-refractivity contribution is 8.00. The van der Waals surface area contributed by atoms with Crippen LogP contribution in [-0.2, 0) is 9.53 Å². The summed E-state index contributed by atoms with van der Waals surface area (Å²) < 4.78 is 5.31. The predicted octanol–water partition coefficient (Wildman–Crippen LogP) is 1.49. The van der Waals surface area contributed by atoms with Gasteiger partial charge in [0.15, 0.2) is 5.13 Å². The Balaban J connectivity index is 1.36. The maximum atomic E-state index is 12.4. The minimum Gasteiger partial charge on any atom is -0.378 e. The van der Waals surface area contributed by atoms with Crippen molar-refractivity contribution in [2.75, 3.05) is 36.5 Å². The van der Waals surface area contributed by atoms with Crippen molar-refractivity contribution < 1.29 is 19.1 Å². The summed E-state index contributed by atoms with van der Waals surface area (Å²) in [5, 5.41) is 5.01. The van der Waals surface area contributed by atoms with E-state index in [0.717, 1.165) is 23.1 Å². The molecule has 152 valence electrons. The third-order valence-corrected chi connectivity index (χ3v) is 6.55. The number of hydrazine groups is 1. The number of rotatable bonds is 3. The van der Waals surface area contributed by atoms with Crippen molar-refractivity contribution in [1.82, 2.24) is 15.8 Å². The average Bonchev–Trinajstić information content (AvgIpc) is 3.23. The second-order valence-corrected chi connectivity index (χ2v) is 8.70. The molecule has 1 aromatic heterocycles. The molecular formula is C18H19N5O4S2. The summed E-state index contributed by atoms with van der Waals surface area (Å²) in [5.41, 5.74) is 5.92. The topological polar surface area (TPSA) is 113 Å². The number of thiazole rings is 1. The average molecular weight is 434 g/mol. The minimum absolute atomic E-state index is 0.104. The lowest BCUT2D eigenvalue weighted by molar-refractivity contribution is -0.115. The van der Waals surface area contributed by atoms with Gasteiger partial charge in [-0.15, -0.1) is 23.1 Å². The Labute approximate surface area is 175 Å². The molecule has 1 fully saturated rings. The lowest BCUT2D eigenvalue weighted by Crippen LogP contribution is -2.42. The molecule has 0 saturated carbocycles. The zero-order valence-corrected chi connectivity index (χ0v) is 17.2. The number of carbonyl (C=O) groups is 3. The molecule has 1 atom stereocenters. The molecule has 0 bridgehead atoms. The molecule has 3 N–H and O–H groups in total. The van der Waals surface area contributed by atoms with Crippen molar-refractivity contribution in [3.8, 4) is 0 Å². The van der Waals surface area contributed by atoms with E-state index >= 15 is 0 Å². The van der Waals surface area contributed by atoms with E-state index in [2.05, 4.69) is 26.1 Å². The molecule has 0 radical (unpaired) electrons. The van der Waals surface area contributed by atoms with Crippen LogP contribution in [0.15, 0.2) is 28.5 Å². The zero-order valence-electron chi connectivity index (χ0n) is 15.6. The van der Waals surface area contributed by atoms with Gasteiger partial charge in [-0.05, 0) is 25.1 Å². The van der Waals surface area contributed by atoms with Gasteiger partial charge in [0.25, 0.3) is 11.8 Å². The molecule has 2 aromatic rings. The number of thioether (sulfide) groups is 1. The van der Waals surface area contributed by atoms with E-state index in [4.69, 9.17) is 4.74 Å². The molecule has 3 amide bonds. The molecule has 0 aliphatic carbocycles. The van der Waals surface area contributed by atoms with Crippen molar-refractivity contribution in [3.05, 3.63) is 34.8 Å². The molecular weight excluding hydrogens is 414 g/mol. The van der Waals surface area contributed by atoms with Crippen molar-refractivity contribution in [3.63, 3.8) is 0 Å². The van der Waals surface area contributed by atoms with Crippen LogP contribution in [0.3, 0.4) is 0 Å². The smallest absolute Gasteiger partial charge is 0.289 e. The number of morpholine rings is 1. The number of hydrogen-bond donors (Lipinski definition) is 3. The number of amides is 3. The Morgan fingerprint density at radius 2 is 2.00 bits per heavy atom. The molecule has 1 saturated heterocycles. The zero-order chi connectivity index (χ0) is 20.4. The van der Waals surface area contributed by atoms with E-state index < -0.39 is 11.8 Å². The molecule has 2 aliphatic rings. The van der Waals surface area contributed by atoms with Gasteiger partial charge >= 0.3 is 0 Å². The highest BCUT2D eigenvalue weighted by Gasteiger charge is 2.24. The van der Waals surface area contributed by atoms with Gasteiger partial charge in [-0.25, -0.2) is 4.98 Å². The number of nitrogens with one attached hydrogen (secondary N) is 3. The Kier molecular flexibility index (Phi) is 5.69. The fourth-order valence-electron chi connectivity index (χ4n) is 2.87. The number of nitrogens with zero attached hydrogens (tertiary/aromatic N) is 2. The minimum atomic E-state index is -0.496. The van der Waals surface area contributed by atoms with E-state index in [-0.39, 0.29) is 16.9 Å². The van der Waals surface area contributed by atoms with Gasteiger partial charge in [0.05, 0.1) is 24.2 Å². The van der Waals surface area contributed by atoms with Gasteiger partial charge < -0.3 is 15.0 Å². The summed E-state index contributed by atoms with van der Waals surface area (Å²) in [6.45, 7) is 4.56. The van der Waals surface area contributed by atoms with E-state index in [1.54, 1.807) is 23.6 Å². The van der Waals surface area contributed by atoms with E-state index in [1.807, 2.05) is 6.92 Å². The first-order chi connectivity index (χ1) is 14.0. The fourth-order valence-corrected chi connectivity index (χ4v) is 4.66. The lowest BCUT2D eigenvalue weighted by atomic mass is 10.2. The summed E-state index contributed by atoms with van der Waals surface area (Å²) in [4.78, 5) is 43.8. The highest BCUT2D eigenvalue weighted by atomic mass is 32.2. The van der Waals surface area contributed by atoms with Crippen molar-refractivity contribution >= 4 is 51.6 Å². The van der Waals surface area contributed by atoms with Crippen LogP contribution in [0.25, 0.3) is 0 Å². The Hall–Kier alpha value is -2.63. The molecule has 3 heterocycles. The van der Waals surface area contributed by atoms with Crippen LogP contribution in [0, 0.1) is 0 Å². The van der Waals surface area contributed by atoms with Gasteiger partial charge in [-0.1, -0.05) is 0 Å². The maximum absolute atomic E-state index is 12.4. The molecule has 9 nitrogen and oxygen atoms in total. The number of fused-ring (bicyclic) bond motifs is 1. The van der Waals surface area contributed by atoms with Crippen LogP contribution < -0.4 is 21.1 Å². The van der Waals surface area contributed by atoms with E-state index in [9.17, 15) is 14.4 Å². The largest absolute Gasteiger partial charge is 0.378 e. The van der Waals surface area contributed by atoms with Gasteiger partial charge in [0.1, 0.15) is 5.69 Å². The summed E-state index contributed by atoms with van der Waals surface area (Å²) >= 11 is 2.81. The van der Waals surface area contributed by atoms with Gasteiger partial charge in [-0.3, -0.25) is 25.2 Å². The normalized spacial score (nSPS) is 18.6. The summed E-state index contributed by atoms with van der Waals surface area (Å²) in [6.07, 6.45) is 0. The number of carbonyl (C=O) groups excluding carboxylic acids is 3. The monoisotopic (exact) mass is 433 g/mol. The van der Waals surface area contributed by atoms with Gasteiger partial charge in [-0.2, -0.15) is 0 Å². The first kappa shape index (κ1) is 19.7. The van der Waals surface area contributed by atoms with E-state index in [1.165, 1.54) is 23.1 Å². The molecule has 0 unspecified atom stereocenters. The SMILES string of the molecule is C[C@@H]1Sc2ccc(C(=O)NNC(=O)c3csc(N4CCOCC4)n3)cc2NC1=O. The van der Waals surface area contributed by atoms with Crippen molar-refractivity contribution in [1.29, 1.82) is 0 Å². The van der Waals surface area contributed by atoms with Crippen molar-refractivity contribution in [2.45, 2.75) is 17.1 Å². The molecule has 29 heavy (non-hydrogen) atoms. The predicted molar refractivity (Wildman–Crippen MR) is 110 cm³/mol. The fraction of sp³-hybridized carbons (Fsp3) is 0.333. The summed E-state index contributed by atoms with van der Waals surface area (Å²) in [5.74, 6) is -1.08. The molecule has 2 aliphatic heterocycles. The number of hydrogen-bond acceptors (Lipinski definition) is 8. The van der Waals surface area contributed by atoms with Crippen LogP contribution >= 0.6 is 23.1 Å². The van der Waals surface area contributed by atoms with Crippen LogP contribution in [0.1, 0.15) is 27.8 Å². The summed E-state index contributed by atoms with van der Waals surface area (Å²) in [6, 6.07) is 5.02. The first-order valence-electron chi connectivity index (χ1n) is 9.02. The van der Waals surface area contributed by atoms with Crippen LogP contribution in [0.2, 0.25) is 0 Å². The first-order valence-corrected chi connectivity index (χ1v) is 10.8. The van der Waals surface area contributed by atoms with E-state index in [0.29, 0.717) is 24.5 Å². The number of benzene rings is 1. The maximum Gasteiger partial charge on any atom is 0.289 e. The Morgan fingerprint density at radius 1 is 1.24 bits per heavy atom. The van der Waals surface area contributed by atoms with Gasteiger partial charge in [0, 0.05) is 28.9 Å².